The lowest BCUT2D eigenvalue weighted by Crippen LogP contribution is -1.77. The summed E-state index contributed by atoms with van der Waals surface area (Å²) >= 11 is 1.81. The standard InChI is InChI=1S/C24H16S/c1-3-7-19-13-21(11-9-17(19)5-1)23-15-24(25-16-23)22-12-10-18-6-2-4-8-20(18)14-22/h1-16H. The van der Waals surface area contributed by atoms with Gasteiger partial charge in [-0.1, -0.05) is 72.8 Å². The molecule has 4 aromatic carbocycles. The summed E-state index contributed by atoms with van der Waals surface area (Å²) in [6, 6.07) is 32.8. The quantitative estimate of drug-likeness (QED) is 0.315. The first-order chi connectivity index (χ1) is 12.4. The molecule has 0 amide bonds. The van der Waals surface area contributed by atoms with Crippen LogP contribution in [0.4, 0.5) is 0 Å². The molecule has 0 nitrogen and oxygen atoms in total. The minimum atomic E-state index is 1.28. The highest BCUT2D eigenvalue weighted by Gasteiger charge is 2.06. The van der Waals surface area contributed by atoms with Gasteiger partial charge in [0, 0.05) is 4.88 Å². The Labute approximate surface area is 151 Å². The first-order valence-electron chi connectivity index (χ1n) is 8.44. The second-order valence-electron chi connectivity index (χ2n) is 6.32. The monoisotopic (exact) mass is 336 g/mol. The van der Waals surface area contributed by atoms with Gasteiger partial charge in [-0.15, -0.1) is 11.3 Å². The lowest BCUT2D eigenvalue weighted by molar-refractivity contribution is 1.70. The molecule has 5 aromatic rings. The summed E-state index contributed by atoms with van der Waals surface area (Å²) in [5, 5.41) is 7.42. The SMILES string of the molecule is c1ccc2cc(-c3csc(-c4ccc5ccccc5c4)c3)ccc2c1. The molecule has 0 radical (unpaired) electrons. The van der Waals surface area contributed by atoms with E-state index in [2.05, 4.69) is 96.4 Å². The maximum absolute atomic E-state index is 2.30. The lowest BCUT2D eigenvalue weighted by atomic mass is 10.0. The Kier molecular flexibility index (Phi) is 3.39. The van der Waals surface area contributed by atoms with Crippen molar-refractivity contribution in [3.05, 3.63) is 96.4 Å². The van der Waals surface area contributed by atoms with Crippen LogP contribution in [0.25, 0.3) is 43.1 Å². The average Bonchev–Trinajstić information content (AvgIpc) is 3.17. The predicted molar refractivity (Wildman–Crippen MR) is 110 cm³/mol. The number of rotatable bonds is 2. The normalized spacial score (nSPS) is 11.2. The minimum Gasteiger partial charge on any atom is -0.143 e. The molecule has 0 saturated heterocycles. The van der Waals surface area contributed by atoms with Crippen LogP contribution in [0.15, 0.2) is 96.4 Å². The first kappa shape index (κ1) is 14.4. The van der Waals surface area contributed by atoms with Crippen LogP contribution in [0.5, 0.6) is 0 Å². The Bertz CT molecular complexity index is 1100. The van der Waals surface area contributed by atoms with E-state index in [0.29, 0.717) is 0 Å². The zero-order valence-electron chi connectivity index (χ0n) is 13.6. The van der Waals surface area contributed by atoms with Crippen molar-refractivity contribution >= 4 is 32.9 Å². The molecule has 0 unspecified atom stereocenters. The summed E-state index contributed by atoms with van der Waals surface area (Å²) in [7, 11) is 0. The molecule has 118 valence electrons. The summed E-state index contributed by atoms with van der Waals surface area (Å²) < 4.78 is 0. The van der Waals surface area contributed by atoms with E-state index in [0.717, 1.165) is 0 Å². The van der Waals surface area contributed by atoms with Gasteiger partial charge in [0.15, 0.2) is 0 Å². The van der Waals surface area contributed by atoms with E-state index in [1.165, 1.54) is 43.1 Å². The zero-order valence-corrected chi connectivity index (χ0v) is 14.5. The highest BCUT2D eigenvalue weighted by molar-refractivity contribution is 7.14. The molecule has 1 aromatic heterocycles. The molecule has 25 heavy (non-hydrogen) atoms. The van der Waals surface area contributed by atoms with E-state index < -0.39 is 0 Å². The van der Waals surface area contributed by atoms with Crippen molar-refractivity contribution in [1.29, 1.82) is 0 Å². The minimum absolute atomic E-state index is 1.28. The third-order valence-electron chi connectivity index (χ3n) is 4.72. The van der Waals surface area contributed by atoms with Gasteiger partial charge in [0.25, 0.3) is 0 Å². The van der Waals surface area contributed by atoms with Crippen LogP contribution in [-0.2, 0) is 0 Å². The fraction of sp³-hybridized carbons (Fsp3) is 0. The van der Waals surface area contributed by atoms with Crippen molar-refractivity contribution in [3.8, 4) is 21.6 Å². The second-order valence-corrected chi connectivity index (χ2v) is 7.23. The number of benzene rings is 4. The van der Waals surface area contributed by atoms with Crippen LogP contribution in [0.3, 0.4) is 0 Å². The summed E-state index contributed by atoms with van der Waals surface area (Å²) in [4.78, 5) is 1.31. The van der Waals surface area contributed by atoms with Gasteiger partial charge in [-0.05, 0) is 61.8 Å². The molecule has 0 aliphatic heterocycles. The molecule has 0 atom stereocenters. The van der Waals surface area contributed by atoms with Crippen LogP contribution in [0.1, 0.15) is 0 Å². The maximum Gasteiger partial charge on any atom is 0.0349 e. The van der Waals surface area contributed by atoms with Crippen molar-refractivity contribution in [2.24, 2.45) is 0 Å². The van der Waals surface area contributed by atoms with Crippen LogP contribution >= 0.6 is 11.3 Å². The third kappa shape index (κ3) is 2.63. The molecular weight excluding hydrogens is 320 g/mol. The van der Waals surface area contributed by atoms with Crippen molar-refractivity contribution in [2.45, 2.75) is 0 Å². The van der Waals surface area contributed by atoms with Gasteiger partial charge in [-0.2, -0.15) is 0 Å². The molecule has 0 aliphatic rings. The fourth-order valence-electron chi connectivity index (χ4n) is 3.35. The third-order valence-corrected chi connectivity index (χ3v) is 5.70. The summed E-state index contributed by atoms with van der Waals surface area (Å²) in [6.07, 6.45) is 0. The molecular formula is C24H16S. The summed E-state index contributed by atoms with van der Waals surface area (Å²) in [6.45, 7) is 0. The highest BCUT2D eigenvalue weighted by Crippen LogP contribution is 2.35. The number of hydrogen-bond donors (Lipinski definition) is 0. The molecule has 0 spiro atoms. The van der Waals surface area contributed by atoms with Gasteiger partial charge < -0.3 is 0 Å². The van der Waals surface area contributed by atoms with Crippen LogP contribution in [0.2, 0.25) is 0 Å². The predicted octanol–water partition coefficient (Wildman–Crippen LogP) is 7.39. The first-order valence-corrected chi connectivity index (χ1v) is 9.32. The Morgan fingerprint density at radius 1 is 0.440 bits per heavy atom. The second kappa shape index (κ2) is 5.87. The number of thiophene rings is 1. The maximum atomic E-state index is 2.30. The molecule has 0 saturated carbocycles. The summed E-state index contributed by atoms with van der Waals surface area (Å²) in [5.74, 6) is 0. The van der Waals surface area contributed by atoms with Gasteiger partial charge >= 0.3 is 0 Å². The molecule has 0 bridgehead atoms. The number of hydrogen-bond acceptors (Lipinski definition) is 1. The van der Waals surface area contributed by atoms with Crippen molar-refractivity contribution < 1.29 is 0 Å². The number of fused-ring (bicyclic) bond motifs is 2. The van der Waals surface area contributed by atoms with Crippen molar-refractivity contribution in [3.63, 3.8) is 0 Å². The zero-order chi connectivity index (χ0) is 16.6. The topological polar surface area (TPSA) is 0 Å². The van der Waals surface area contributed by atoms with Crippen LogP contribution in [-0.4, -0.2) is 0 Å². The molecule has 1 heterocycles. The molecule has 0 N–H and O–H groups in total. The van der Waals surface area contributed by atoms with E-state index in [-0.39, 0.29) is 0 Å². The Morgan fingerprint density at radius 3 is 1.68 bits per heavy atom. The van der Waals surface area contributed by atoms with Gasteiger partial charge in [0.1, 0.15) is 0 Å². The van der Waals surface area contributed by atoms with Crippen LogP contribution in [0, 0.1) is 0 Å². The van der Waals surface area contributed by atoms with Crippen molar-refractivity contribution in [1.82, 2.24) is 0 Å². The molecule has 0 aliphatic carbocycles. The van der Waals surface area contributed by atoms with E-state index in [1.54, 1.807) is 0 Å². The Balaban J connectivity index is 1.57. The molecule has 0 fully saturated rings. The largest absolute Gasteiger partial charge is 0.143 e. The Morgan fingerprint density at radius 2 is 1.00 bits per heavy atom. The fourth-order valence-corrected chi connectivity index (χ4v) is 4.27. The van der Waals surface area contributed by atoms with Crippen molar-refractivity contribution in [2.75, 3.05) is 0 Å². The van der Waals surface area contributed by atoms with E-state index >= 15 is 0 Å². The van der Waals surface area contributed by atoms with E-state index in [9.17, 15) is 0 Å². The smallest absolute Gasteiger partial charge is 0.0349 e. The molecule has 1 heteroatoms. The van der Waals surface area contributed by atoms with Gasteiger partial charge in [0.2, 0.25) is 0 Å². The van der Waals surface area contributed by atoms with Gasteiger partial charge in [0.05, 0.1) is 0 Å². The summed E-state index contributed by atoms with van der Waals surface area (Å²) in [5.41, 5.74) is 3.86. The Hall–Kier alpha value is -2.90. The van der Waals surface area contributed by atoms with Gasteiger partial charge in [-0.25, -0.2) is 0 Å². The molecule has 5 rings (SSSR count). The van der Waals surface area contributed by atoms with Gasteiger partial charge in [-0.3, -0.25) is 0 Å². The van der Waals surface area contributed by atoms with E-state index in [4.69, 9.17) is 0 Å². The van der Waals surface area contributed by atoms with Crippen LogP contribution < -0.4 is 0 Å². The average molecular weight is 336 g/mol. The lowest BCUT2D eigenvalue weighted by Gasteiger charge is -2.02. The van der Waals surface area contributed by atoms with E-state index in [1.807, 2.05) is 11.3 Å². The highest BCUT2D eigenvalue weighted by atomic mass is 32.1.